The van der Waals surface area contributed by atoms with Crippen LogP contribution in [0.5, 0.6) is 5.75 Å². The first kappa shape index (κ1) is 8.52. The van der Waals surface area contributed by atoms with Gasteiger partial charge in [-0.15, -0.1) is 0 Å². The van der Waals surface area contributed by atoms with Crippen LogP contribution in [0.1, 0.15) is 0 Å². The molecule has 0 saturated heterocycles. The Labute approximate surface area is 70.6 Å². The predicted octanol–water partition coefficient (Wildman–Crippen LogP) is -0.532. The number of carbonyl (C=O) groups excluding carboxylic acids is 1. The minimum Gasteiger partial charge on any atom is -0.496 e. The Kier molecular flexibility index (Phi) is 2.63. The zero-order valence-electron chi connectivity index (χ0n) is 6.86. The Bertz CT molecular complexity index is 269. The van der Waals surface area contributed by atoms with E-state index in [1.165, 1.54) is 0 Å². The van der Waals surface area contributed by atoms with Gasteiger partial charge in [-0.05, 0) is 0 Å². The van der Waals surface area contributed by atoms with Gasteiger partial charge in [0.15, 0.2) is 12.4 Å². The molecule has 0 aliphatic heterocycles. The first-order valence-corrected chi connectivity index (χ1v) is 3.54. The van der Waals surface area contributed by atoms with Crippen molar-refractivity contribution in [1.82, 2.24) is 0 Å². The molecule has 0 aliphatic carbocycles. The van der Waals surface area contributed by atoms with Gasteiger partial charge >= 0.3 is 0 Å². The van der Waals surface area contributed by atoms with Gasteiger partial charge in [0.05, 0.1) is 7.11 Å². The van der Waals surface area contributed by atoms with E-state index in [1.807, 2.05) is 0 Å². The lowest BCUT2D eigenvalue weighted by Gasteiger charge is -1.96. The summed E-state index contributed by atoms with van der Waals surface area (Å²) < 4.78 is 6.63. The molecule has 0 spiro atoms. The van der Waals surface area contributed by atoms with Crippen LogP contribution in [0.15, 0.2) is 24.5 Å². The highest BCUT2D eigenvalue weighted by Gasteiger charge is 2.03. The molecule has 0 bridgehead atoms. The summed E-state index contributed by atoms with van der Waals surface area (Å²) in [6.45, 7) is 0.198. The molecule has 0 aliphatic rings. The molecule has 4 nitrogen and oxygen atoms in total. The summed E-state index contributed by atoms with van der Waals surface area (Å²) in [4.78, 5) is 10.5. The summed E-state index contributed by atoms with van der Waals surface area (Å²) >= 11 is 0. The quantitative estimate of drug-likeness (QED) is 0.615. The van der Waals surface area contributed by atoms with Crippen LogP contribution in [-0.2, 0) is 11.3 Å². The molecule has 0 unspecified atom stereocenters. The van der Waals surface area contributed by atoms with Crippen molar-refractivity contribution in [2.24, 2.45) is 5.73 Å². The lowest BCUT2D eigenvalue weighted by molar-refractivity contribution is -0.684. The lowest BCUT2D eigenvalue weighted by atomic mass is 10.4. The molecule has 0 saturated carbocycles. The Balaban J connectivity index is 2.71. The van der Waals surface area contributed by atoms with E-state index in [0.29, 0.717) is 0 Å². The van der Waals surface area contributed by atoms with Crippen molar-refractivity contribution in [1.29, 1.82) is 0 Å². The van der Waals surface area contributed by atoms with E-state index in [1.54, 1.807) is 36.2 Å². The summed E-state index contributed by atoms with van der Waals surface area (Å²) in [5.74, 6) is 0.404. The molecule has 2 N–H and O–H groups in total. The van der Waals surface area contributed by atoms with Gasteiger partial charge in [-0.1, -0.05) is 0 Å². The molecule has 4 heteroatoms. The number of methoxy groups -OCH3 is 1. The summed E-state index contributed by atoms with van der Waals surface area (Å²) in [5.41, 5.74) is 5.00. The van der Waals surface area contributed by atoms with Gasteiger partial charge in [0.25, 0.3) is 5.91 Å². The van der Waals surface area contributed by atoms with Gasteiger partial charge in [0.2, 0.25) is 6.54 Å². The number of ether oxygens (including phenoxy) is 1. The van der Waals surface area contributed by atoms with Crippen molar-refractivity contribution >= 4 is 5.91 Å². The fourth-order valence-electron chi connectivity index (χ4n) is 0.865. The Morgan fingerprint density at radius 3 is 2.58 bits per heavy atom. The number of nitrogens with two attached hydrogens (primary N) is 1. The van der Waals surface area contributed by atoms with E-state index in [0.717, 1.165) is 5.75 Å². The average molecular weight is 167 g/mol. The molecule has 1 rings (SSSR count). The number of amides is 1. The number of hydrogen-bond acceptors (Lipinski definition) is 2. The van der Waals surface area contributed by atoms with Crippen LogP contribution < -0.4 is 15.0 Å². The number of primary amides is 1. The number of hydrogen-bond donors (Lipinski definition) is 1. The van der Waals surface area contributed by atoms with Crippen molar-refractivity contribution in [3.63, 3.8) is 0 Å². The first-order valence-electron chi connectivity index (χ1n) is 3.54. The van der Waals surface area contributed by atoms with E-state index in [9.17, 15) is 4.79 Å². The number of carbonyl (C=O) groups is 1. The van der Waals surface area contributed by atoms with Crippen LogP contribution in [0.3, 0.4) is 0 Å². The van der Waals surface area contributed by atoms with Crippen molar-refractivity contribution in [3.8, 4) is 5.75 Å². The Morgan fingerprint density at radius 1 is 1.58 bits per heavy atom. The second-order valence-corrected chi connectivity index (χ2v) is 2.38. The third kappa shape index (κ3) is 2.23. The SMILES string of the molecule is COc1cc[n+](CC(N)=O)cc1. The normalized spacial score (nSPS) is 9.42. The topological polar surface area (TPSA) is 56.2 Å². The molecule has 0 atom stereocenters. The maximum atomic E-state index is 10.5. The second kappa shape index (κ2) is 3.71. The van der Waals surface area contributed by atoms with Crippen molar-refractivity contribution in [3.05, 3.63) is 24.5 Å². The highest BCUT2D eigenvalue weighted by molar-refractivity contribution is 5.72. The molecule has 1 heterocycles. The molecule has 0 radical (unpaired) electrons. The minimum absolute atomic E-state index is 0.198. The largest absolute Gasteiger partial charge is 0.496 e. The molecular formula is C8H11N2O2+. The second-order valence-electron chi connectivity index (χ2n) is 2.38. The summed E-state index contributed by atoms with van der Waals surface area (Å²) in [5, 5.41) is 0. The van der Waals surface area contributed by atoms with E-state index >= 15 is 0 Å². The molecule has 0 fully saturated rings. The van der Waals surface area contributed by atoms with Gasteiger partial charge in [-0.2, -0.15) is 4.57 Å². The fourth-order valence-corrected chi connectivity index (χ4v) is 0.865. The maximum Gasteiger partial charge on any atom is 0.283 e. The standard InChI is InChI=1S/C8H10N2O2/c1-12-7-2-4-10(5-3-7)6-8(9)11/h2-5H,6H2,1H3,(H-,9,11)/p+1. The van der Waals surface area contributed by atoms with Gasteiger partial charge < -0.3 is 10.5 Å². The summed E-state index contributed by atoms with van der Waals surface area (Å²) in [6.07, 6.45) is 3.48. The van der Waals surface area contributed by atoms with Gasteiger partial charge in [0, 0.05) is 12.1 Å². The molecule has 0 aromatic carbocycles. The number of aromatic nitrogens is 1. The highest BCUT2D eigenvalue weighted by atomic mass is 16.5. The third-order valence-electron chi connectivity index (χ3n) is 1.43. The van der Waals surface area contributed by atoms with Crippen LogP contribution in [0, 0.1) is 0 Å². The predicted molar refractivity (Wildman–Crippen MR) is 42.4 cm³/mol. The van der Waals surface area contributed by atoms with Crippen LogP contribution in [-0.4, -0.2) is 13.0 Å². The van der Waals surface area contributed by atoms with Crippen LogP contribution >= 0.6 is 0 Å². The molecular weight excluding hydrogens is 156 g/mol. The van der Waals surface area contributed by atoms with Crippen LogP contribution in [0.2, 0.25) is 0 Å². The zero-order valence-corrected chi connectivity index (χ0v) is 6.86. The number of rotatable bonds is 3. The molecule has 1 aromatic rings. The van der Waals surface area contributed by atoms with Gasteiger partial charge in [0.1, 0.15) is 5.75 Å². The monoisotopic (exact) mass is 167 g/mol. The molecule has 12 heavy (non-hydrogen) atoms. The summed E-state index contributed by atoms with van der Waals surface area (Å²) in [7, 11) is 1.59. The minimum atomic E-state index is -0.356. The van der Waals surface area contributed by atoms with Crippen LogP contribution in [0.4, 0.5) is 0 Å². The van der Waals surface area contributed by atoms with Gasteiger partial charge in [-0.25, -0.2) is 0 Å². The number of pyridine rings is 1. The van der Waals surface area contributed by atoms with E-state index < -0.39 is 0 Å². The smallest absolute Gasteiger partial charge is 0.283 e. The molecule has 1 amide bonds. The lowest BCUT2D eigenvalue weighted by Crippen LogP contribution is -2.39. The van der Waals surface area contributed by atoms with Crippen LogP contribution in [0.25, 0.3) is 0 Å². The Hall–Kier alpha value is -1.58. The Morgan fingerprint density at radius 2 is 2.17 bits per heavy atom. The number of nitrogens with zero attached hydrogens (tertiary/aromatic N) is 1. The van der Waals surface area contributed by atoms with E-state index in [-0.39, 0.29) is 12.5 Å². The summed E-state index contributed by atoms with van der Waals surface area (Å²) in [6, 6.07) is 3.53. The zero-order chi connectivity index (χ0) is 8.97. The van der Waals surface area contributed by atoms with Crippen molar-refractivity contribution < 1.29 is 14.1 Å². The maximum absolute atomic E-state index is 10.5. The fraction of sp³-hybridized carbons (Fsp3) is 0.250. The van der Waals surface area contributed by atoms with Crippen molar-refractivity contribution in [2.75, 3.05) is 7.11 Å². The average Bonchev–Trinajstić information content (AvgIpc) is 2.05. The molecule has 64 valence electrons. The van der Waals surface area contributed by atoms with Gasteiger partial charge in [-0.3, -0.25) is 4.79 Å². The first-order chi connectivity index (χ1) is 5.72. The van der Waals surface area contributed by atoms with E-state index in [4.69, 9.17) is 10.5 Å². The molecule has 1 aromatic heterocycles. The third-order valence-corrected chi connectivity index (χ3v) is 1.43. The van der Waals surface area contributed by atoms with Crippen molar-refractivity contribution in [2.45, 2.75) is 6.54 Å². The van der Waals surface area contributed by atoms with E-state index in [2.05, 4.69) is 0 Å². The highest BCUT2D eigenvalue weighted by Crippen LogP contribution is 2.03.